The van der Waals surface area contributed by atoms with Crippen molar-refractivity contribution in [3.8, 4) is 0 Å². The second kappa shape index (κ2) is 35.3. The van der Waals surface area contributed by atoms with Crippen molar-refractivity contribution < 1.29 is 47.8 Å². The lowest BCUT2D eigenvalue weighted by Gasteiger charge is -2.20. The third-order valence-electron chi connectivity index (χ3n) is 7.71. The van der Waals surface area contributed by atoms with Crippen molar-refractivity contribution in [1.29, 1.82) is 0 Å². The number of aliphatic hydroxyl groups is 2. The van der Waals surface area contributed by atoms with E-state index in [4.69, 9.17) is 19.1 Å². The molecule has 0 heterocycles. The van der Waals surface area contributed by atoms with Crippen LogP contribution in [-0.4, -0.2) is 65.7 Å². The monoisotopic (exact) mass is 728 g/mol. The van der Waals surface area contributed by atoms with E-state index in [-0.39, 0.29) is 19.4 Å². The Bertz CT molecular complexity index is 978. The van der Waals surface area contributed by atoms with E-state index in [1.807, 2.05) is 0 Å². The summed E-state index contributed by atoms with van der Waals surface area (Å²) in [5.74, 6) is -0.986. The molecule has 0 aliphatic rings. The molecule has 10 nitrogen and oxygen atoms in total. The summed E-state index contributed by atoms with van der Waals surface area (Å²) in [6, 6.07) is 0. The minimum Gasteiger partial charge on any atom is -0.462 e. The van der Waals surface area contributed by atoms with E-state index < -0.39 is 51.8 Å². The first-order chi connectivity index (χ1) is 24.2. The van der Waals surface area contributed by atoms with Crippen molar-refractivity contribution >= 4 is 19.8 Å². The molecule has 3 N–H and O–H groups in total. The number of allylic oxidation sites excluding steroid dienone is 8. The molecule has 0 rings (SSSR count). The number of carbonyl (C=O) groups excluding carboxylic acids is 2. The number of rotatable bonds is 35. The van der Waals surface area contributed by atoms with Gasteiger partial charge in [0.25, 0.3) is 0 Å². The summed E-state index contributed by atoms with van der Waals surface area (Å²) in [5.41, 5.74) is 0. The van der Waals surface area contributed by atoms with Crippen molar-refractivity contribution in [2.45, 2.75) is 161 Å². The van der Waals surface area contributed by atoms with E-state index in [0.717, 1.165) is 70.6 Å². The third-order valence-corrected chi connectivity index (χ3v) is 8.66. The van der Waals surface area contributed by atoms with Crippen LogP contribution >= 0.6 is 7.82 Å². The molecule has 0 bridgehead atoms. The Labute approximate surface area is 303 Å². The zero-order valence-corrected chi connectivity index (χ0v) is 32.0. The molecule has 1 unspecified atom stereocenters. The summed E-state index contributed by atoms with van der Waals surface area (Å²) in [6.07, 6.45) is 35.1. The molecule has 0 spiro atoms. The Hall–Kier alpha value is -2.07. The fourth-order valence-electron chi connectivity index (χ4n) is 4.70. The predicted molar refractivity (Wildman–Crippen MR) is 201 cm³/mol. The first kappa shape index (κ1) is 47.9. The van der Waals surface area contributed by atoms with Gasteiger partial charge in [0.2, 0.25) is 0 Å². The van der Waals surface area contributed by atoms with Crippen molar-refractivity contribution in [2.75, 3.05) is 26.4 Å². The molecule has 0 saturated carbocycles. The van der Waals surface area contributed by atoms with Crippen molar-refractivity contribution in [3.63, 3.8) is 0 Å². The van der Waals surface area contributed by atoms with Gasteiger partial charge in [-0.05, 0) is 77.0 Å². The van der Waals surface area contributed by atoms with Crippen molar-refractivity contribution in [3.05, 3.63) is 48.6 Å². The molecule has 11 heteroatoms. The molecular formula is C39H69O10P. The van der Waals surface area contributed by atoms with E-state index in [1.54, 1.807) is 0 Å². The number of esters is 2. The SMILES string of the molecule is CCCCC/C=C/C/C=C/C/C=C/CCCCC(=O)OC[C@H](COP(=O)(O)OC[C@@H](O)CO)OC(=O)CCCCCCC/C=C/CCCCC. The number of phosphoric ester groups is 1. The van der Waals surface area contributed by atoms with Gasteiger partial charge in [-0.15, -0.1) is 0 Å². The third kappa shape index (κ3) is 34.4. The molecule has 50 heavy (non-hydrogen) atoms. The van der Waals surface area contributed by atoms with Gasteiger partial charge in [0.15, 0.2) is 6.10 Å². The number of phosphoric acid groups is 1. The lowest BCUT2D eigenvalue weighted by Crippen LogP contribution is -2.29. The number of hydrogen-bond acceptors (Lipinski definition) is 9. The quantitative estimate of drug-likeness (QED) is 0.0249. The molecule has 0 saturated heterocycles. The Balaban J connectivity index is 4.46. The second-order valence-electron chi connectivity index (χ2n) is 12.6. The van der Waals surface area contributed by atoms with Gasteiger partial charge in [-0.3, -0.25) is 18.6 Å². The van der Waals surface area contributed by atoms with E-state index >= 15 is 0 Å². The van der Waals surface area contributed by atoms with Gasteiger partial charge in [-0.2, -0.15) is 0 Å². The number of carbonyl (C=O) groups is 2. The summed E-state index contributed by atoms with van der Waals surface area (Å²) in [6.45, 7) is 2.24. The lowest BCUT2D eigenvalue weighted by molar-refractivity contribution is -0.161. The average molecular weight is 729 g/mol. The first-order valence-corrected chi connectivity index (χ1v) is 20.6. The van der Waals surface area contributed by atoms with Gasteiger partial charge in [0, 0.05) is 12.8 Å². The highest BCUT2D eigenvalue weighted by molar-refractivity contribution is 7.47. The van der Waals surface area contributed by atoms with Crippen LogP contribution in [0.25, 0.3) is 0 Å². The number of ether oxygens (including phenoxy) is 2. The molecule has 0 aliphatic carbocycles. The smallest absolute Gasteiger partial charge is 0.462 e. The van der Waals surface area contributed by atoms with Crippen LogP contribution in [0.5, 0.6) is 0 Å². The Morgan fingerprint density at radius 2 is 1.04 bits per heavy atom. The molecule has 0 aromatic heterocycles. The van der Waals surface area contributed by atoms with Crippen molar-refractivity contribution in [1.82, 2.24) is 0 Å². The molecule has 0 aromatic carbocycles. The number of unbranched alkanes of at least 4 members (excludes halogenated alkanes) is 13. The van der Waals surface area contributed by atoms with E-state index in [1.165, 1.54) is 38.5 Å². The van der Waals surface area contributed by atoms with Crippen molar-refractivity contribution in [2.24, 2.45) is 0 Å². The van der Waals surface area contributed by atoms with Gasteiger partial charge in [-0.1, -0.05) is 107 Å². The largest absolute Gasteiger partial charge is 0.472 e. The first-order valence-electron chi connectivity index (χ1n) is 19.1. The molecule has 0 fully saturated rings. The highest BCUT2D eigenvalue weighted by atomic mass is 31.2. The van der Waals surface area contributed by atoms with E-state index in [0.29, 0.717) is 12.8 Å². The summed E-state index contributed by atoms with van der Waals surface area (Å²) in [5, 5.41) is 18.3. The van der Waals surface area contributed by atoms with Crippen LogP contribution in [-0.2, 0) is 32.7 Å². The molecule has 0 amide bonds. The van der Waals surface area contributed by atoms with Crippen LogP contribution in [0.2, 0.25) is 0 Å². The van der Waals surface area contributed by atoms with Gasteiger partial charge in [-0.25, -0.2) is 4.57 Å². The molecule has 3 atom stereocenters. The maximum Gasteiger partial charge on any atom is 0.472 e. The Morgan fingerprint density at radius 1 is 0.600 bits per heavy atom. The average Bonchev–Trinajstić information content (AvgIpc) is 3.10. The minimum absolute atomic E-state index is 0.164. The normalized spacial score (nSPS) is 14.6. The summed E-state index contributed by atoms with van der Waals surface area (Å²) < 4.78 is 32.5. The summed E-state index contributed by atoms with van der Waals surface area (Å²) in [7, 11) is -4.62. The minimum atomic E-state index is -4.62. The maximum atomic E-state index is 12.5. The predicted octanol–water partition coefficient (Wildman–Crippen LogP) is 9.38. The topological polar surface area (TPSA) is 149 Å². The number of aliphatic hydroxyl groups excluding tert-OH is 2. The summed E-state index contributed by atoms with van der Waals surface area (Å²) >= 11 is 0. The fourth-order valence-corrected chi connectivity index (χ4v) is 5.49. The van der Waals surface area contributed by atoms with Gasteiger partial charge in [0.1, 0.15) is 12.7 Å². The lowest BCUT2D eigenvalue weighted by atomic mass is 10.1. The van der Waals surface area contributed by atoms with Crippen LogP contribution < -0.4 is 0 Å². The van der Waals surface area contributed by atoms with Gasteiger partial charge < -0.3 is 24.6 Å². The van der Waals surface area contributed by atoms with Crippen LogP contribution in [0.3, 0.4) is 0 Å². The molecular weight excluding hydrogens is 659 g/mol. The van der Waals surface area contributed by atoms with Gasteiger partial charge in [0.05, 0.1) is 19.8 Å². The van der Waals surface area contributed by atoms with E-state index in [9.17, 15) is 24.2 Å². The van der Waals surface area contributed by atoms with Crippen LogP contribution in [0, 0.1) is 0 Å². The summed E-state index contributed by atoms with van der Waals surface area (Å²) in [4.78, 5) is 34.8. The molecule has 290 valence electrons. The Kier molecular flexibility index (Phi) is 33.9. The van der Waals surface area contributed by atoms with E-state index in [2.05, 4.69) is 67.0 Å². The highest BCUT2D eigenvalue weighted by Crippen LogP contribution is 2.43. The van der Waals surface area contributed by atoms with Crippen LogP contribution in [0.15, 0.2) is 48.6 Å². The zero-order valence-electron chi connectivity index (χ0n) is 31.1. The molecule has 0 aliphatic heterocycles. The standard InChI is InChI=1S/C39H69O10P/c1-3-5-7-9-11-13-15-17-18-19-21-22-24-26-28-30-38(42)46-34-37(35-48-50(44,45)47-33-36(41)32-40)49-39(43)31-29-27-25-23-20-16-14-12-10-8-6-4-2/h11-14,17-18,21-22,36-37,40-41H,3-10,15-16,19-20,23-35H2,1-2H3,(H,44,45)/b13-11+,14-12+,18-17+,22-21+/t36-,37+/m0/s1. The van der Waals surface area contributed by atoms with Crippen LogP contribution in [0.4, 0.5) is 0 Å². The second-order valence-corrected chi connectivity index (χ2v) is 14.0. The Morgan fingerprint density at radius 3 is 1.62 bits per heavy atom. The van der Waals surface area contributed by atoms with Crippen LogP contribution in [0.1, 0.15) is 149 Å². The molecule has 0 aromatic rings. The fraction of sp³-hybridized carbons (Fsp3) is 0.744. The maximum absolute atomic E-state index is 12.5. The van der Waals surface area contributed by atoms with Gasteiger partial charge >= 0.3 is 19.8 Å². The molecule has 0 radical (unpaired) electrons. The highest BCUT2D eigenvalue weighted by Gasteiger charge is 2.27. The number of hydrogen-bond donors (Lipinski definition) is 3. The zero-order chi connectivity index (χ0) is 37.0.